The number of rotatable bonds is 2. The van der Waals surface area contributed by atoms with Crippen molar-refractivity contribution in [2.45, 2.75) is 20.0 Å². The van der Waals surface area contributed by atoms with Crippen molar-refractivity contribution >= 4 is 34.8 Å². The molecule has 0 radical (unpaired) electrons. The summed E-state index contributed by atoms with van der Waals surface area (Å²) in [6, 6.07) is 12.6. The molecule has 0 unspecified atom stereocenters. The van der Waals surface area contributed by atoms with Crippen molar-refractivity contribution in [3.05, 3.63) is 64.2 Å². The number of aryl methyl sites for hydroxylation is 1. The van der Waals surface area contributed by atoms with E-state index in [0.717, 1.165) is 11.1 Å². The van der Waals surface area contributed by atoms with Crippen molar-refractivity contribution in [1.82, 2.24) is 0 Å². The number of halogens is 1. The molecule has 2 heterocycles. The maximum atomic E-state index is 13.1. The SMILES string of the molecule is Cc1cccc(N2C(=O)[C@H]3C(c4ccccc4Cl)=NO[C@H]3C2=O)c1C. The standard InChI is InChI=1S/C19H15ClN2O3/c1-10-6-5-9-14(11(10)2)22-18(23)15-16(21-25-17(15)19(22)24)12-7-3-4-8-13(12)20/h3-9,15,17H,1-2H3/t15-,17+/m0/s1. The molecular weight excluding hydrogens is 340 g/mol. The van der Waals surface area contributed by atoms with Crippen LogP contribution in [-0.2, 0) is 14.4 Å². The number of anilines is 1. The van der Waals surface area contributed by atoms with Crippen LogP contribution in [0.4, 0.5) is 5.69 Å². The Kier molecular flexibility index (Phi) is 3.62. The van der Waals surface area contributed by atoms with Gasteiger partial charge in [0.1, 0.15) is 11.6 Å². The van der Waals surface area contributed by atoms with Crippen LogP contribution in [0.3, 0.4) is 0 Å². The van der Waals surface area contributed by atoms with E-state index in [-0.39, 0.29) is 5.91 Å². The first-order chi connectivity index (χ1) is 12.0. The van der Waals surface area contributed by atoms with Crippen LogP contribution in [0.1, 0.15) is 16.7 Å². The summed E-state index contributed by atoms with van der Waals surface area (Å²) in [6.07, 6.45) is -0.932. The van der Waals surface area contributed by atoms with Crippen molar-refractivity contribution in [3.8, 4) is 0 Å². The van der Waals surface area contributed by atoms with Crippen molar-refractivity contribution in [1.29, 1.82) is 0 Å². The van der Waals surface area contributed by atoms with Gasteiger partial charge in [-0.05, 0) is 37.1 Å². The molecule has 0 saturated carbocycles. The minimum atomic E-state index is -0.932. The number of hydrogen-bond acceptors (Lipinski definition) is 4. The highest BCUT2D eigenvalue weighted by Crippen LogP contribution is 2.37. The monoisotopic (exact) mass is 354 g/mol. The third-order valence-electron chi connectivity index (χ3n) is 4.78. The van der Waals surface area contributed by atoms with E-state index in [1.54, 1.807) is 30.3 Å². The summed E-state index contributed by atoms with van der Waals surface area (Å²) < 4.78 is 0. The second kappa shape index (κ2) is 5.70. The average Bonchev–Trinajstić information content (AvgIpc) is 3.12. The van der Waals surface area contributed by atoms with Gasteiger partial charge in [0.25, 0.3) is 5.91 Å². The molecule has 25 heavy (non-hydrogen) atoms. The van der Waals surface area contributed by atoms with Gasteiger partial charge in [-0.1, -0.05) is 47.1 Å². The lowest BCUT2D eigenvalue weighted by atomic mass is 9.94. The van der Waals surface area contributed by atoms with Crippen molar-refractivity contribution < 1.29 is 14.4 Å². The molecule has 1 saturated heterocycles. The molecule has 5 nitrogen and oxygen atoms in total. The first kappa shape index (κ1) is 15.8. The maximum Gasteiger partial charge on any atom is 0.278 e. The van der Waals surface area contributed by atoms with Gasteiger partial charge >= 0.3 is 0 Å². The van der Waals surface area contributed by atoms with Crippen LogP contribution < -0.4 is 4.90 Å². The molecule has 2 aromatic rings. The summed E-state index contributed by atoms with van der Waals surface area (Å²) in [5.41, 5.74) is 3.50. The highest BCUT2D eigenvalue weighted by molar-refractivity contribution is 6.38. The lowest BCUT2D eigenvalue weighted by Gasteiger charge is -2.19. The van der Waals surface area contributed by atoms with Gasteiger partial charge in [0.05, 0.1) is 5.69 Å². The summed E-state index contributed by atoms with van der Waals surface area (Å²) >= 11 is 6.23. The van der Waals surface area contributed by atoms with Gasteiger partial charge in [-0.3, -0.25) is 9.59 Å². The molecule has 126 valence electrons. The van der Waals surface area contributed by atoms with E-state index in [4.69, 9.17) is 16.4 Å². The topological polar surface area (TPSA) is 59.0 Å². The molecule has 0 aromatic heterocycles. The predicted octanol–water partition coefficient (Wildman–Crippen LogP) is 3.25. The Morgan fingerprint density at radius 2 is 1.80 bits per heavy atom. The normalized spacial score (nSPS) is 22.0. The van der Waals surface area contributed by atoms with Crippen molar-refractivity contribution in [2.75, 3.05) is 4.90 Å². The molecular formula is C19H15ClN2O3. The highest BCUT2D eigenvalue weighted by atomic mass is 35.5. The largest absolute Gasteiger partial charge is 0.381 e. The van der Waals surface area contributed by atoms with Crippen molar-refractivity contribution in [2.24, 2.45) is 11.1 Å². The van der Waals surface area contributed by atoms with E-state index in [9.17, 15) is 9.59 Å². The molecule has 2 amide bonds. The number of imide groups is 1. The fraction of sp³-hybridized carbons (Fsp3) is 0.211. The van der Waals surface area contributed by atoms with Gasteiger partial charge in [0.15, 0.2) is 0 Å². The molecule has 1 fully saturated rings. The molecule has 0 aliphatic carbocycles. The zero-order valence-electron chi connectivity index (χ0n) is 13.7. The predicted molar refractivity (Wildman–Crippen MR) is 94.8 cm³/mol. The van der Waals surface area contributed by atoms with Gasteiger partial charge in [-0.15, -0.1) is 0 Å². The van der Waals surface area contributed by atoms with Gasteiger partial charge in [-0.25, -0.2) is 4.90 Å². The molecule has 0 N–H and O–H groups in total. The van der Waals surface area contributed by atoms with E-state index < -0.39 is 17.9 Å². The first-order valence-electron chi connectivity index (χ1n) is 7.93. The minimum Gasteiger partial charge on any atom is -0.381 e. The summed E-state index contributed by atoms with van der Waals surface area (Å²) in [5, 5.41) is 4.45. The van der Waals surface area contributed by atoms with Crippen molar-refractivity contribution in [3.63, 3.8) is 0 Å². The van der Waals surface area contributed by atoms with Crippen LogP contribution in [0.2, 0.25) is 5.02 Å². The molecule has 6 heteroatoms. The second-order valence-corrected chi connectivity index (χ2v) is 6.60. The Bertz CT molecular complexity index is 938. The average molecular weight is 355 g/mol. The van der Waals surface area contributed by atoms with Crippen LogP contribution >= 0.6 is 11.6 Å². The number of benzene rings is 2. The van der Waals surface area contributed by atoms with Gasteiger partial charge in [-0.2, -0.15) is 0 Å². The lowest BCUT2D eigenvalue weighted by molar-refractivity contribution is -0.126. The van der Waals surface area contributed by atoms with E-state index in [2.05, 4.69) is 5.16 Å². The number of nitrogens with zero attached hydrogens (tertiary/aromatic N) is 2. The third kappa shape index (κ3) is 2.27. The number of hydrogen-bond donors (Lipinski definition) is 0. The Balaban J connectivity index is 1.77. The number of carbonyl (C=O) groups excluding carboxylic acids is 2. The number of carbonyl (C=O) groups is 2. The number of fused-ring (bicyclic) bond motifs is 1. The summed E-state index contributed by atoms with van der Waals surface area (Å²) in [5.74, 6) is -1.50. The maximum absolute atomic E-state index is 13.1. The molecule has 2 aliphatic rings. The molecule has 2 aliphatic heterocycles. The number of amides is 2. The van der Waals surface area contributed by atoms with E-state index in [1.165, 1.54) is 4.90 Å². The van der Waals surface area contributed by atoms with Crippen LogP contribution in [0.5, 0.6) is 0 Å². The summed E-state index contributed by atoms with van der Waals surface area (Å²) in [6.45, 7) is 3.83. The third-order valence-corrected chi connectivity index (χ3v) is 5.11. The Labute approximate surface area is 149 Å². The first-order valence-corrected chi connectivity index (χ1v) is 8.31. The quantitative estimate of drug-likeness (QED) is 0.778. The molecule has 4 rings (SSSR count). The molecule has 0 bridgehead atoms. The summed E-state index contributed by atoms with van der Waals surface area (Å²) in [4.78, 5) is 32.4. The molecule has 0 spiro atoms. The highest BCUT2D eigenvalue weighted by Gasteiger charge is 2.56. The van der Waals surface area contributed by atoms with Crippen LogP contribution in [0.25, 0.3) is 0 Å². The van der Waals surface area contributed by atoms with Gasteiger partial charge < -0.3 is 4.84 Å². The van der Waals surface area contributed by atoms with E-state index >= 15 is 0 Å². The second-order valence-electron chi connectivity index (χ2n) is 6.19. The zero-order chi connectivity index (χ0) is 17.7. The van der Waals surface area contributed by atoms with Gasteiger partial charge in [0, 0.05) is 10.6 Å². The number of oxime groups is 1. The Hall–Kier alpha value is -2.66. The Morgan fingerprint density at radius 1 is 1.04 bits per heavy atom. The lowest BCUT2D eigenvalue weighted by Crippen LogP contribution is -2.33. The van der Waals surface area contributed by atoms with E-state index in [0.29, 0.717) is 22.0 Å². The van der Waals surface area contributed by atoms with Gasteiger partial charge in [0.2, 0.25) is 12.0 Å². The summed E-state index contributed by atoms with van der Waals surface area (Å²) in [7, 11) is 0. The smallest absolute Gasteiger partial charge is 0.278 e. The molecule has 2 atom stereocenters. The fourth-order valence-corrected chi connectivity index (χ4v) is 3.52. The van der Waals surface area contributed by atoms with E-state index in [1.807, 2.05) is 26.0 Å². The van der Waals surface area contributed by atoms with Crippen LogP contribution in [0, 0.1) is 19.8 Å². The van der Waals surface area contributed by atoms with Crippen LogP contribution in [-0.4, -0.2) is 23.6 Å². The fourth-order valence-electron chi connectivity index (χ4n) is 3.28. The zero-order valence-corrected chi connectivity index (χ0v) is 14.4. The minimum absolute atomic E-state index is 0.333. The molecule has 2 aromatic carbocycles. The Morgan fingerprint density at radius 3 is 2.56 bits per heavy atom. The van der Waals surface area contributed by atoms with Crippen LogP contribution in [0.15, 0.2) is 47.6 Å².